The first-order valence-corrected chi connectivity index (χ1v) is 7.00. The predicted octanol–water partition coefficient (Wildman–Crippen LogP) is 4.35. The molecule has 6 heteroatoms. The SMILES string of the molecule is CC(C)=NOC(=O)Nc1ccc(COc2ccccc2F)cc1. The third-order valence-electron chi connectivity index (χ3n) is 2.74. The Hall–Kier alpha value is -2.89. The third kappa shape index (κ3) is 5.43. The number of nitrogens with zero attached hydrogens (tertiary/aromatic N) is 1. The van der Waals surface area contributed by atoms with E-state index in [-0.39, 0.29) is 12.4 Å². The summed E-state index contributed by atoms with van der Waals surface area (Å²) in [4.78, 5) is 16.1. The maximum Gasteiger partial charge on any atom is 0.437 e. The van der Waals surface area contributed by atoms with Crippen LogP contribution in [0.3, 0.4) is 0 Å². The molecule has 0 aliphatic heterocycles. The minimum Gasteiger partial charge on any atom is -0.486 e. The van der Waals surface area contributed by atoms with Crippen LogP contribution in [-0.2, 0) is 11.4 Å². The molecule has 0 bridgehead atoms. The number of hydrogen-bond donors (Lipinski definition) is 1. The summed E-state index contributed by atoms with van der Waals surface area (Å²) in [7, 11) is 0. The summed E-state index contributed by atoms with van der Waals surface area (Å²) in [5.41, 5.74) is 2.05. The maximum absolute atomic E-state index is 13.4. The lowest BCUT2D eigenvalue weighted by Gasteiger charge is -2.08. The Morgan fingerprint density at radius 2 is 1.83 bits per heavy atom. The van der Waals surface area contributed by atoms with Gasteiger partial charge in [0.2, 0.25) is 0 Å². The van der Waals surface area contributed by atoms with Gasteiger partial charge in [-0.25, -0.2) is 9.18 Å². The van der Waals surface area contributed by atoms with E-state index in [1.54, 1.807) is 56.3 Å². The van der Waals surface area contributed by atoms with Gasteiger partial charge in [0.15, 0.2) is 11.6 Å². The van der Waals surface area contributed by atoms with Crippen LogP contribution < -0.4 is 10.1 Å². The van der Waals surface area contributed by atoms with Crippen LogP contribution in [0.4, 0.5) is 14.9 Å². The van der Waals surface area contributed by atoms with Crippen molar-refractivity contribution in [3.8, 4) is 5.75 Å². The van der Waals surface area contributed by atoms with Crippen molar-refractivity contribution in [2.45, 2.75) is 20.5 Å². The van der Waals surface area contributed by atoms with Crippen LogP contribution >= 0.6 is 0 Å². The molecule has 1 amide bonds. The molecule has 0 fully saturated rings. The molecule has 0 aliphatic rings. The van der Waals surface area contributed by atoms with Crippen LogP contribution in [0.1, 0.15) is 19.4 Å². The van der Waals surface area contributed by atoms with Crippen molar-refractivity contribution in [1.82, 2.24) is 0 Å². The molecule has 1 N–H and O–H groups in total. The van der Waals surface area contributed by atoms with E-state index in [1.807, 2.05) is 0 Å². The lowest BCUT2D eigenvalue weighted by atomic mass is 10.2. The molecular weight excluding hydrogens is 299 g/mol. The zero-order valence-electron chi connectivity index (χ0n) is 12.9. The summed E-state index contributed by atoms with van der Waals surface area (Å²) in [6, 6.07) is 13.2. The molecule has 0 atom stereocenters. The fourth-order valence-corrected chi connectivity index (χ4v) is 1.68. The standard InChI is InChI=1S/C17H17FN2O3/c1-12(2)20-23-17(21)19-14-9-7-13(8-10-14)11-22-16-6-4-3-5-15(16)18/h3-10H,11H2,1-2H3,(H,19,21). The summed E-state index contributed by atoms with van der Waals surface area (Å²) < 4.78 is 18.8. The number of carbonyl (C=O) groups excluding carboxylic acids is 1. The fourth-order valence-electron chi connectivity index (χ4n) is 1.68. The Balaban J connectivity index is 1.88. The fraction of sp³-hybridized carbons (Fsp3) is 0.176. The van der Waals surface area contributed by atoms with Gasteiger partial charge >= 0.3 is 6.09 Å². The Labute approximate surface area is 133 Å². The first-order chi connectivity index (χ1) is 11.0. The zero-order chi connectivity index (χ0) is 16.7. The zero-order valence-corrected chi connectivity index (χ0v) is 12.9. The van der Waals surface area contributed by atoms with Crippen LogP contribution in [0.15, 0.2) is 53.7 Å². The number of halogens is 1. The number of oxime groups is 1. The van der Waals surface area contributed by atoms with Crippen LogP contribution in [0.2, 0.25) is 0 Å². The summed E-state index contributed by atoms with van der Waals surface area (Å²) >= 11 is 0. The number of anilines is 1. The molecule has 120 valence electrons. The molecule has 0 spiro atoms. The van der Waals surface area contributed by atoms with Gasteiger partial charge in [0, 0.05) is 5.69 Å². The van der Waals surface area contributed by atoms with E-state index >= 15 is 0 Å². The molecule has 0 heterocycles. The molecule has 0 unspecified atom stereocenters. The van der Waals surface area contributed by atoms with Crippen molar-refractivity contribution < 1.29 is 18.8 Å². The highest BCUT2D eigenvalue weighted by molar-refractivity contribution is 5.85. The monoisotopic (exact) mass is 316 g/mol. The van der Waals surface area contributed by atoms with Gasteiger partial charge in [-0.2, -0.15) is 0 Å². The highest BCUT2D eigenvalue weighted by atomic mass is 19.1. The van der Waals surface area contributed by atoms with Crippen LogP contribution in [0.25, 0.3) is 0 Å². The summed E-state index contributed by atoms with van der Waals surface area (Å²) in [6.07, 6.45) is -0.665. The molecule has 5 nitrogen and oxygen atoms in total. The van der Waals surface area contributed by atoms with Gasteiger partial charge < -0.3 is 4.74 Å². The quantitative estimate of drug-likeness (QED) is 0.507. The third-order valence-corrected chi connectivity index (χ3v) is 2.74. The molecule has 0 aliphatic carbocycles. The van der Waals surface area contributed by atoms with Gasteiger partial charge in [0.25, 0.3) is 0 Å². The number of amides is 1. The van der Waals surface area contributed by atoms with Gasteiger partial charge in [0.05, 0.1) is 5.71 Å². The van der Waals surface area contributed by atoms with E-state index in [0.29, 0.717) is 11.4 Å². The molecule has 23 heavy (non-hydrogen) atoms. The van der Waals surface area contributed by atoms with E-state index in [1.165, 1.54) is 6.07 Å². The molecule has 0 aromatic heterocycles. The summed E-state index contributed by atoms with van der Waals surface area (Å²) in [5.74, 6) is -0.202. The molecule has 0 radical (unpaired) electrons. The highest BCUT2D eigenvalue weighted by Crippen LogP contribution is 2.18. The first-order valence-electron chi connectivity index (χ1n) is 7.00. The number of para-hydroxylation sites is 1. The van der Waals surface area contributed by atoms with E-state index < -0.39 is 11.9 Å². The Morgan fingerprint density at radius 1 is 1.13 bits per heavy atom. The van der Waals surface area contributed by atoms with Gasteiger partial charge in [-0.1, -0.05) is 29.4 Å². The second-order valence-electron chi connectivity index (χ2n) is 4.96. The second kappa shape index (κ2) is 7.93. The van der Waals surface area contributed by atoms with E-state index in [4.69, 9.17) is 4.74 Å². The van der Waals surface area contributed by atoms with Crippen molar-refractivity contribution in [2.75, 3.05) is 5.32 Å². The number of carbonyl (C=O) groups is 1. The summed E-state index contributed by atoms with van der Waals surface area (Å²) in [5, 5.41) is 6.10. The van der Waals surface area contributed by atoms with Crippen LogP contribution in [0, 0.1) is 5.82 Å². The van der Waals surface area contributed by atoms with Crippen LogP contribution in [-0.4, -0.2) is 11.8 Å². The number of ether oxygens (including phenoxy) is 1. The molecule has 2 aromatic carbocycles. The normalized spacial score (nSPS) is 9.87. The van der Waals surface area contributed by atoms with E-state index in [0.717, 1.165) is 5.56 Å². The van der Waals surface area contributed by atoms with E-state index in [2.05, 4.69) is 15.3 Å². The number of rotatable bonds is 5. The molecule has 2 rings (SSSR count). The Bertz CT molecular complexity index is 695. The maximum atomic E-state index is 13.4. The van der Waals surface area contributed by atoms with Crippen molar-refractivity contribution in [2.24, 2.45) is 5.16 Å². The Kier molecular flexibility index (Phi) is 5.68. The molecule has 0 saturated carbocycles. The topological polar surface area (TPSA) is 59.9 Å². The Morgan fingerprint density at radius 3 is 2.48 bits per heavy atom. The smallest absolute Gasteiger partial charge is 0.437 e. The van der Waals surface area contributed by atoms with Crippen molar-refractivity contribution in [1.29, 1.82) is 0 Å². The van der Waals surface area contributed by atoms with Gasteiger partial charge in [-0.05, 0) is 43.7 Å². The van der Waals surface area contributed by atoms with Crippen molar-refractivity contribution >= 4 is 17.5 Å². The first kappa shape index (κ1) is 16.5. The lowest BCUT2D eigenvalue weighted by Crippen LogP contribution is -2.11. The highest BCUT2D eigenvalue weighted by Gasteiger charge is 2.04. The van der Waals surface area contributed by atoms with Crippen molar-refractivity contribution in [3.05, 3.63) is 59.9 Å². The minimum atomic E-state index is -0.665. The van der Waals surface area contributed by atoms with Crippen molar-refractivity contribution in [3.63, 3.8) is 0 Å². The van der Waals surface area contributed by atoms with Crippen LogP contribution in [0.5, 0.6) is 5.75 Å². The molecule has 0 saturated heterocycles. The number of hydrogen-bond acceptors (Lipinski definition) is 4. The van der Waals surface area contributed by atoms with Gasteiger partial charge in [0.1, 0.15) is 6.61 Å². The largest absolute Gasteiger partial charge is 0.486 e. The number of nitrogens with one attached hydrogen (secondary N) is 1. The summed E-state index contributed by atoms with van der Waals surface area (Å²) in [6.45, 7) is 3.67. The van der Waals surface area contributed by atoms with Gasteiger partial charge in [-0.15, -0.1) is 0 Å². The van der Waals surface area contributed by atoms with Gasteiger partial charge in [-0.3, -0.25) is 10.2 Å². The van der Waals surface area contributed by atoms with E-state index in [9.17, 15) is 9.18 Å². The molecular formula is C17H17FN2O3. The number of benzene rings is 2. The predicted molar refractivity (Wildman–Crippen MR) is 86.1 cm³/mol. The minimum absolute atomic E-state index is 0.200. The molecule has 2 aromatic rings. The average molecular weight is 316 g/mol. The average Bonchev–Trinajstić information content (AvgIpc) is 2.53. The lowest BCUT2D eigenvalue weighted by molar-refractivity contribution is 0.166. The second-order valence-corrected chi connectivity index (χ2v) is 4.96.